The molecule has 17 heavy (non-hydrogen) atoms. The molecule has 0 aliphatic carbocycles. The van der Waals surface area contributed by atoms with E-state index < -0.39 is 17.4 Å². The molecule has 0 aromatic heterocycles. The fourth-order valence-electron chi connectivity index (χ4n) is 1.26. The van der Waals surface area contributed by atoms with Crippen molar-refractivity contribution in [2.45, 2.75) is 27.2 Å². The quantitative estimate of drug-likeness (QED) is 0.420. The monoisotopic (exact) mass is 240 g/mol. The first-order valence-electron chi connectivity index (χ1n) is 5.35. The molecule has 0 spiro atoms. The van der Waals surface area contributed by atoms with E-state index in [1.54, 1.807) is 12.2 Å². The Hall–Kier alpha value is -1.58. The minimum Gasteiger partial charge on any atom is -0.468 e. The maximum atomic E-state index is 11.6. The third-order valence-corrected chi connectivity index (χ3v) is 2.36. The molecule has 0 saturated heterocycles. The lowest BCUT2D eigenvalue weighted by Gasteiger charge is -2.21. The second-order valence-corrected chi connectivity index (χ2v) is 4.19. The first kappa shape index (κ1) is 15.4. The van der Waals surface area contributed by atoms with Crippen molar-refractivity contribution in [1.82, 2.24) is 0 Å². The Morgan fingerprint density at radius 2 is 1.59 bits per heavy atom. The van der Waals surface area contributed by atoms with Crippen LogP contribution in [-0.4, -0.2) is 26.2 Å². The molecule has 0 unspecified atom stereocenters. The van der Waals surface area contributed by atoms with Gasteiger partial charge in [-0.05, 0) is 27.2 Å². The molecule has 0 saturated carbocycles. The fraction of sp³-hybridized carbons (Fsp3) is 0.538. The lowest BCUT2D eigenvalue weighted by Crippen LogP contribution is -2.38. The highest BCUT2D eigenvalue weighted by Crippen LogP contribution is 2.25. The van der Waals surface area contributed by atoms with Gasteiger partial charge in [-0.15, -0.1) is 0 Å². The van der Waals surface area contributed by atoms with Crippen molar-refractivity contribution >= 4 is 11.9 Å². The summed E-state index contributed by atoms with van der Waals surface area (Å²) in [5.41, 5.74) is -0.144. The fourth-order valence-corrected chi connectivity index (χ4v) is 1.26. The Labute approximate surface area is 102 Å². The van der Waals surface area contributed by atoms with E-state index in [-0.39, 0.29) is 6.42 Å². The predicted octanol–water partition coefficient (Wildman–Crippen LogP) is 2.25. The molecule has 0 N–H and O–H groups in total. The smallest absolute Gasteiger partial charge is 0.323 e. The molecular weight excluding hydrogens is 220 g/mol. The number of esters is 2. The molecule has 0 fully saturated rings. The van der Waals surface area contributed by atoms with Gasteiger partial charge in [-0.2, -0.15) is 0 Å². The predicted molar refractivity (Wildman–Crippen MR) is 65.3 cm³/mol. The van der Waals surface area contributed by atoms with E-state index in [0.29, 0.717) is 0 Å². The van der Waals surface area contributed by atoms with Gasteiger partial charge in [-0.1, -0.05) is 23.8 Å². The van der Waals surface area contributed by atoms with Gasteiger partial charge in [-0.25, -0.2) is 0 Å². The highest BCUT2D eigenvalue weighted by atomic mass is 16.5. The molecule has 0 aliphatic rings. The normalized spacial score (nSPS) is 11.1. The van der Waals surface area contributed by atoms with Gasteiger partial charge in [0.2, 0.25) is 0 Å². The summed E-state index contributed by atoms with van der Waals surface area (Å²) in [5.74, 6) is -1.18. The standard InChI is InChI=1S/C13H20O4/c1-10(2)8-6-7-9-13(3,11(14)16-4)12(15)17-5/h6-8H,9H2,1-5H3/b7-6+. The van der Waals surface area contributed by atoms with E-state index in [4.69, 9.17) is 0 Å². The highest BCUT2D eigenvalue weighted by molar-refractivity contribution is 5.99. The van der Waals surface area contributed by atoms with Crippen LogP contribution in [0.25, 0.3) is 0 Å². The van der Waals surface area contributed by atoms with Crippen molar-refractivity contribution in [3.8, 4) is 0 Å². The van der Waals surface area contributed by atoms with Crippen LogP contribution in [0.15, 0.2) is 23.8 Å². The Bertz CT molecular complexity index is 319. The second-order valence-electron chi connectivity index (χ2n) is 4.19. The van der Waals surface area contributed by atoms with Gasteiger partial charge in [0, 0.05) is 0 Å². The van der Waals surface area contributed by atoms with Crippen LogP contribution in [0.5, 0.6) is 0 Å². The molecule has 0 aromatic rings. The molecular formula is C13H20O4. The number of methoxy groups -OCH3 is 2. The topological polar surface area (TPSA) is 52.6 Å². The number of allylic oxidation sites excluding steroid dienone is 4. The van der Waals surface area contributed by atoms with Crippen LogP contribution >= 0.6 is 0 Å². The zero-order valence-corrected chi connectivity index (χ0v) is 11.1. The molecule has 0 amide bonds. The van der Waals surface area contributed by atoms with Crippen LogP contribution in [0.2, 0.25) is 0 Å². The van der Waals surface area contributed by atoms with Gasteiger partial charge >= 0.3 is 11.9 Å². The minimum absolute atomic E-state index is 0.246. The average Bonchev–Trinajstić information content (AvgIpc) is 2.31. The van der Waals surface area contributed by atoms with Gasteiger partial charge in [-0.3, -0.25) is 9.59 Å². The molecule has 0 rings (SSSR count). The largest absolute Gasteiger partial charge is 0.468 e. The van der Waals surface area contributed by atoms with E-state index >= 15 is 0 Å². The van der Waals surface area contributed by atoms with E-state index in [2.05, 4.69) is 9.47 Å². The minimum atomic E-state index is -1.28. The summed E-state index contributed by atoms with van der Waals surface area (Å²) in [6.45, 7) is 5.44. The molecule has 0 atom stereocenters. The third kappa shape index (κ3) is 4.43. The summed E-state index contributed by atoms with van der Waals surface area (Å²) in [4.78, 5) is 23.2. The molecule has 96 valence electrons. The van der Waals surface area contributed by atoms with Gasteiger partial charge in [0.1, 0.15) is 0 Å². The van der Waals surface area contributed by atoms with E-state index in [0.717, 1.165) is 5.57 Å². The van der Waals surface area contributed by atoms with Crippen LogP contribution in [-0.2, 0) is 19.1 Å². The first-order chi connectivity index (χ1) is 7.88. The molecule has 0 bridgehead atoms. The number of hydrogen-bond donors (Lipinski definition) is 0. The first-order valence-corrected chi connectivity index (χ1v) is 5.35. The van der Waals surface area contributed by atoms with E-state index in [9.17, 15) is 9.59 Å². The zero-order valence-electron chi connectivity index (χ0n) is 11.1. The average molecular weight is 240 g/mol. The maximum absolute atomic E-state index is 11.6. The Morgan fingerprint density at radius 1 is 1.12 bits per heavy atom. The van der Waals surface area contributed by atoms with Crippen molar-refractivity contribution in [2.75, 3.05) is 14.2 Å². The number of carbonyl (C=O) groups excluding carboxylic acids is 2. The van der Waals surface area contributed by atoms with Crippen LogP contribution in [0.4, 0.5) is 0 Å². The molecule has 0 radical (unpaired) electrons. The van der Waals surface area contributed by atoms with Crippen LogP contribution in [0.1, 0.15) is 27.2 Å². The summed E-state index contributed by atoms with van der Waals surface area (Å²) >= 11 is 0. The van der Waals surface area contributed by atoms with Crippen molar-refractivity contribution in [2.24, 2.45) is 5.41 Å². The van der Waals surface area contributed by atoms with Crippen LogP contribution in [0, 0.1) is 5.41 Å². The van der Waals surface area contributed by atoms with Crippen LogP contribution in [0.3, 0.4) is 0 Å². The van der Waals surface area contributed by atoms with Gasteiger partial charge in [0.15, 0.2) is 5.41 Å². The zero-order chi connectivity index (χ0) is 13.5. The van der Waals surface area contributed by atoms with Crippen molar-refractivity contribution < 1.29 is 19.1 Å². The number of ether oxygens (including phenoxy) is 2. The summed E-state index contributed by atoms with van der Waals surface area (Å²) in [6.07, 6.45) is 5.70. The number of hydrogen-bond acceptors (Lipinski definition) is 4. The van der Waals surface area contributed by atoms with Gasteiger partial charge < -0.3 is 9.47 Å². The van der Waals surface area contributed by atoms with Gasteiger partial charge in [0.25, 0.3) is 0 Å². The van der Waals surface area contributed by atoms with E-state index in [1.807, 2.05) is 19.9 Å². The maximum Gasteiger partial charge on any atom is 0.323 e. The molecule has 4 nitrogen and oxygen atoms in total. The SMILES string of the molecule is COC(=O)C(C)(C/C=C/C=C(C)C)C(=O)OC. The Morgan fingerprint density at radius 3 is 1.94 bits per heavy atom. The third-order valence-electron chi connectivity index (χ3n) is 2.36. The number of carbonyl (C=O) groups is 2. The van der Waals surface area contributed by atoms with E-state index in [1.165, 1.54) is 21.1 Å². The molecule has 4 heteroatoms. The van der Waals surface area contributed by atoms with Crippen LogP contribution < -0.4 is 0 Å². The Balaban J connectivity index is 4.85. The summed E-state index contributed by atoms with van der Waals surface area (Å²) in [5, 5.41) is 0. The summed E-state index contributed by atoms with van der Waals surface area (Å²) < 4.78 is 9.25. The molecule has 0 heterocycles. The molecule has 0 aliphatic heterocycles. The lowest BCUT2D eigenvalue weighted by molar-refractivity contribution is -0.167. The van der Waals surface area contributed by atoms with Gasteiger partial charge in [0.05, 0.1) is 14.2 Å². The van der Waals surface area contributed by atoms with Crippen molar-refractivity contribution in [1.29, 1.82) is 0 Å². The van der Waals surface area contributed by atoms with Crippen molar-refractivity contribution in [3.63, 3.8) is 0 Å². The highest BCUT2D eigenvalue weighted by Gasteiger charge is 2.42. The Kier molecular flexibility index (Phi) is 6.25. The summed E-state index contributed by atoms with van der Waals surface area (Å²) in [7, 11) is 2.51. The number of rotatable bonds is 5. The summed E-state index contributed by atoms with van der Waals surface area (Å²) in [6, 6.07) is 0. The molecule has 0 aromatic carbocycles. The van der Waals surface area contributed by atoms with Crippen molar-refractivity contribution in [3.05, 3.63) is 23.8 Å². The lowest BCUT2D eigenvalue weighted by atomic mass is 9.86. The second kappa shape index (κ2) is 6.89.